The van der Waals surface area contributed by atoms with E-state index in [1.165, 1.54) is 17.1 Å². The van der Waals surface area contributed by atoms with Gasteiger partial charge in [0, 0.05) is 55.2 Å². The van der Waals surface area contributed by atoms with Gasteiger partial charge in [-0.15, -0.1) is 5.06 Å². The van der Waals surface area contributed by atoms with Crippen molar-refractivity contribution in [1.82, 2.24) is 9.96 Å². The number of benzene rings is 2. The number of rotatable bonds is 6. The van der Waals surface area contributed by atoms with Gasteiger partial charge in [0.05, 0.1) is 30.3 Å². The summed E-state index contributed by atoms with van der Waals surface area (Å²) in [5, 5.41) is 7.15. The summed E-state index contributed by atoms with van der Waals surface area (Å²) in [6.45, 7) is 25.6. The van der Waals surface area contributed by atoms with Gasteiger partial charge >= 0.3 is 5.97 Å². The first kappa shape index (κ1) is 53.3. The van der Waals surface area contributed by atoms with Crippen molar-refractivity contribution in [2.75, 3.05) is 12.0 Å². The number of hydrogen-bond acceptors (Lipinski definition) is 10. The Morgan fingerprint density at radius 2 is 1.17 bits per heavy atom. The van der Waals surface area contributed by atoms with Crippen LogP contribution in [0.4, 0.5) is 5.69 Å². The summed E-state index contributed by atoms with van der Waals surface area (Å²) in [5.74, 6) is 9.81. The Morgan fingerprint density at radius 1 is 0.712 bits per heavy atom. The average molecular weight is 819 g/mol. The highest BCUT2D eigenvalue weighted by Crippen LogP contribution is 2.26. The van der Waals surface area contributed by atoms with Gasteiger partial charge in [0.25, 0.3) is 23.6 Å². The van der Waals surface area contributed by atoms with Gasteiger partial charge in [-0.2, -0.15) is 5.11 Å². The van der Waals surface area contributed by atoms with E-state index in [-0.39, 0.29) is 54.5 Å². The standard InChI is InChI=1S/C19H17NO.C8H11NO4.C7H9NO2.C4H10O.C4H10.C3H9N3/c1-14(2)19(21)20-13-17-9-4-3-7-15(17)11-12-16-8-5-6-10-18(16)20;1-5(2)8(12)13-9-6(10)3-4-7(9)11;1-5(2)8-6(9)3-4-7(8)10;1-4(2)5-3;1-4(2)3;1-3(2)5-6-4/h3-10,14H,13H2,1-2H3;5H,3-4H2,1-2H3;3-5H,1-2H3;4H,1-3H3;4H,1-3H3;3H,1-2H3,(H2,4,5). The number of anilines is 1. The Hall–Kier alpha value is -5.68. The molecule has 0 unspecified atom stereocenters. The molecule has 0 radical (unpaired) electrons. The minimum absolute atomic E-state index is 0.0324. The molecule has 0 saturated carbocycles. The highest BCUT2D eigenvalue weighted by molar-refractivity contribution is 6.13. The topological polar surface area (TPSA) is 181 Å². The maximum absolute atomic E-state index is 12.6. The molecule has 2 aromatic rings. The number of methoxy groups -OCH3 is 1. The molecule has 3 aliphatic heterocycles. The molecule has 59 heavy (non-hydrogen) atoms. The molecule has 3 heterocycles. The highest BCUT2D eigenvalue weighted by Gasteiger charge is 2.33. The van der Waals surface area contributed by atoms with Crippen LogP contribution in [0.3, 0.4) is 0 Å². The Labute approximate surface area is 351 Å². The lowest BCUT2D eigenvalue weighted by Crippen LogP contribution is -2.36. The molecule has 0 bridgehead atoms. The summed E-state index contributed by atoms with van der Waals surface area (Å²) in [7, 11) is 1.70. The monoisotopic (exact) mass is 818 g/mol. The lowest BCUT2D eigenvalue weighted by atomic mass is 10.0. The Morgan fingerprint density at radius 3 is 1.56 bits per heavy atom. The van der Waals surface area contributed by atoms with Crippen LogP contribution in [0, 0.1) is 29.6 Å². The lowest BCUT2D eigenvalue weighted by Gasteiger charge is -2.27. The zero-order valence-electron chi connectivity index (χ0n) is 37.4. The minimum Gasteiger partial charge on any atom is -0.382 e. The lowest BCUT2D eigenvalue weighted by molar-refractivity contribution is -0.199. The van der Waals surface area contributed by atoms with Gasteiger partial charge < -0.3 is 20.3 Å². The van der Waals surface area contributed by atoms with Crippen molar-refractivity contribution in [3.8, 4) is 11.8 Å². The van der Waals surface area contributed by atoms with E-state index in [1.807, 2.05) is 109 Å². The minimum atomic E-state index is -0.566. The zero-order valence-corrected chi connectivity index (χ0v) is 37.4. The summed E-state index contributed by atoms with van der Waals surface area (Å²) in [6.07, 6.45) is 3.23. The largest absolute Gasteiger partial charge is 0.382 e. The summed E-state index contributed by atoms with van der Waals surface area (Å²) >= 11 is 0. The number of fused-ring (bicyclic) bond motifs is 2. The molecule has 1 fully saturated rings. The third kappa shape index (κ3) is 20.5. The van der Waals surface area contributed by atoms with Gasteiger partial charge in [0.15, 0.2) is 0 Å². The van der Waals surface area contributed by atoms with Crippen molar-refractivity contribution in [1.29, 1.82) is 0 Å². The van der Waals surface area contributed by atoms with Crippen molar-refractivity contribution in [3.63, 3.8) is 0 Å². The molecule has 2 N–H and O–H groups in total. The summed E-state index contributed by atoms with van der Waals surface area (Å²) in [6, 6.07) is 16.1. The van der Waals surface area contributed by atoms with Crippen LogP contribution in [0.2, 0.25) is 0 Å². The Balaban J connectivity index is 0.000000763. The maximum Gasteiger partial charge on any atom is 0.335 e. The smallest absolute Gasteiger partial charge is 0.335 e. The molecule has 0 spiro atoms. The average Bonchev–Trinajstić information content (AvgIpc) is 3.67. The molecular formula is C45H66N6O8. The Bertz CT molecular complexity index is 1770. The number of ether oxygens (including phenoxy) is 1. The van der Waals surface area contributed by atoms with Crippen molar-refractivity contribution in [2.45, 2.75) is 128 Å². The van der Waals surface area contributed by atoms with E-state index in [1.54, 1.807) is 21.0 Å². The first-order valence-corrected chi connectivity index (χ1v) is 19.8. The van der Waals surface area contributed by atoms with Crippen molar-refractivity contribution < 1.29 is 38.3 Å². The van der Waals surface area contributed by atoms with E-state index < -0.39 is 17.8 Å². The summed E-state index contributed by atoms with van der Waals surface area (Å²) in [4.78, 5) is 74.9. The molecule has 324 valence electrons. The molecule has 2 aromatic carbocycles. The predicted molar refractivity (Wildman–Crippen MR) is 230 cm³/mol. The fourth-order valence-corrected chi connectivity index (χ4v) is 4.40. The predicted octanol–water partition coefficient (Wildman–Crippen LogP) is 7.58. The number of carbonyl (C=O) groups is 6. The van der Waals surface area contributed by atoms with Gasteiger partial charge in [0.2, 0.25) is 5.91 Å². The normalized spacial score (nSPS) is 13.8. The van der Waals surface area contributed by atoms with E-state index in [9.17, 15) is 28.8 Å². The number of hydrogen-bond donors (Lipinski definition) is 1. The van der Waals surface area contributed by atoms with Crippen LogP contribution < -0.4 is 10.7 Å². The quantitative estimate of drug-likeness (QED) is 0.101. The molecule has 5 amide bonds. The van der Waals surface area contributed by atoms with Crippen LogP contribution in [0.15, 0.2) is 71.0 Å². The fourth-order valence-electron chi connectivity index (χ4n) is 4.40. The Kier molecular flexibility index (Phi) is 25.2. The van der Waals surface area contributed by atoms with Crippen LogP contribution in [-0.2, 0) is 44.9 Å². The molecule has 3 aliphatic rings. The molecule has 1 saturated heterocycles. The number of amides is 5. The molecule has 14 nitrogen and oxygen atoms in total. The van der Waals surface area contributed by atoms with Gasteiger partial charge in [-0.05, 0) is 71.2 Å². The number of hydroxylamine groups is 2. The highest BCUT2D eigenvalue weighted by atomic mass is 16.7. The van der Waals surface area contributed by atoms with Gasteiger partial charge in [0.1, 0.15) is 0 Å². The second-order valence-electron chi connectivity index (χ2n) is 15.5. The van der Waals surface area contributed by atoms with E-state index in [0.717, 1.165) is 28.3 Å². The summed E-state index contributed by atoms with van der Waals surface area (Å²) in [5.41, 5.74) is 3.89. The maximum atomic E-state index is 12.6. The van der Waals surface area contributed by atoms with Crippen LogP contribution in [-0.4, -0.2) is 70.8 Å². The van der Waals surface area contributed by atoms with E-state index >= 15 is 0 Å². The fraction of sp³-hybridized carbons (Fsp3) is 0.511. The molecule has 0 atom stereocenters. The molecule has 5 rings (SSSR count). The number of imide groups is 2. The van der Waals surface area contributed by atoms with Crippen molar-refractivity contribution in [2.24, 2.45) is 33.9 Å². The summed E-state index contributed by atoms with van der Waals surface area (Å²) < 4.78 is 4.75. The van der Waals surface area contributed by atoms with Crippen LogP contribution in [0.25, 0.3) is 0 Å². The van der Waals surface area contributed by atoms with E-state index in [2.05, 4.69) is 53.6 Å². The number of nitrogens with zero attached hydrogens (tertiary/aromatic N) is 5. The molecule has 14 heteroatoms. The first-order valence-electron chi connectivity index (χ1n) is 19.8. The van der Waals surface area contributed by atoms with Gasteiger partial charge in [-0.3, -0.25) is 28.9 Å². The van der Waals surface area contributed by atoms with Crippen LogP contribution >= 0.6 is 0 Å². The molecule has 0 aromatic heterocycles. The first-order chi connectivity index (χ1) is 27.6. The third-order valence-corrected chi connectivity index (χ3v) is 7.42. The van der Waals surface area contributed by atoms with Crippen LogP contribution in [0.5, 0.6) is 0 Å². The van der Waals surface area contributed by atoms with E-state index in [0.29, 0.717) is 17.7 Å². The second-order valence-corrected chi connectivity index (χ2v) is 15.5. The second kappa shape index (κ2) is 27.9. The third-order valence-electron chi connectivity index (χ3n) is 7.42. The van der Waals surface area contributed by atoms with E-state index in [4.69, 9.17) is 4.74 Å². The SMILES string of the molecule is CC(C)C.CC(C)C(=O)N1Cc2ccccc2C#Cc2ccccc21.CC(C)C(=O)ON1C(=O)CCC1=O.CC(C)N1C(=O)C=CC1=O.CC(C)N=NN.COC(C)C. The zero-order chi connectivity index (χ0) is 45.4. The van der Waals surface area contributed by atoms with Gasteiger partial charge in [-0.1, -0.05) is 95.9 Å². The number of nitrogens with two attached hydrogens (primary N) is 1. The van der Waals surface area contributed by atoms with Crippen LogP contribution in [0.1, 0.15) is 120 Å². The van der Waals surface area contributed by atoms with Gasteiger partial charge in [-0.25, -0.2) is 4.79 Å². The molecule has 0 aliphatic carbocycles. The number of para-hydroxylation sites is 1. The number of carbonyl (C=O) groups excluding carboxylic acids is 6. The van der Waals surface area contributed by atoms with Crippen molar-refractivity contribution >= 4 is 41.2 Å². The van der Waals surface area contributed by atoms with Crippen molar-refractivity contribution in [3.05, 3.63) is 77.4 Å². The molecular weight excluding hydrogens is 753 g/mol.